The van der Waals surface area contributed by atoms with Crippen molar-refractivity contribution in [2.45, 2.75) is 64.6 Å². The number of rotatable bonds is 6. The maximum absolute atomic E-state index is 12.2. The van der Waals surface area contributed by atoms with Crippen molar-refractivity contribution < 1.29 is 9.53 Å². The number of nitrogens with zero attached hydrogens (tertiary/aromatic N) is 4. The fourth-order valence-electron chi connectivity index (χ4n) is 2.89. The number of carbonyl (C=O) groups is 1. The summed E-state index contributed by atoms with van der Waals surface area (Å²) >= 11 is 0. The maximum atomic E-state index is 12.2. The van der Waals surface area contributed by atoms with Gasteiger partial charge in [-0.05, 0) is 48.4 Å². The molecule has 0 saturated heterocycles. The quantitative estimate of drug-likeness (QED) is 0.797. The molecule has 0 aliphatic heterocycles. The van der Waals surface area contributed by atoms with Crippen LogP contribution in [0.5, 0.6) is 0 Å². The number of esters is 1. The van der Waals surface area contributed by atoms with Crippen LogP contribution in [0.25, 0.3) is 0 Å². The Hall–Kier alpha value is -1.50. The molecule has 7 heteroatoms. The van der Waals surface area contributed by atoms with Crippen LogP contribution in [0.15, 0.2) is 0 Å². The summed E-state index contributed by atoms with van der Waals surface area (Å²) in [6.07, 6.45) is 4.63. The van der Waals surface area contributed by atoms with E-state index in [4.69, 9.17) is 4.74 Å². The molecule has 118 valence electrons. The molecule has 1 aromatic rings. The number of tetrazole rings is 1. The van der Waals surface area contributed by atoms with Crippen molar-refractivity contribution in [3.05, 3.63) is 5.82 Å². The minimum atomic E-state index is -0.593. The predicted octanol–water partition coefficient (Wildman–Crippen LogP) is 1.29. The summed E-state index contributed by atoms with van der Waals surface area (Å²) in [5.41, 5.74) is -0.593. The molecule has 0 bridgehead atoms. The first-order valence-corrected chi connectivity index (χ1v) is 7.70. The molecule has 1 fully saturated rings. The fourth-order valence-corrected chi connectivity index (χ4v) is 2.89. The molecule has 7 nitrogen and oxygen atoms in total. The third-order valence-corrected chi connectivity index (χ3v) is 4.33. The number of methoxy groups -OCH3 is 1. The fraction of sp³-hybridized carbons (Fsp3) is 0.857. The van der Waals surface area contributed by atoms with Gasteiger partial charge in [-0.1, -0.05) is 13.8 Å². The number of ether oxygens (including phenoxy) is 1. The van der Waals surface area contributed by atoms with Crippen molar-refractivity contribution >= 4 is 5.97 Å². The Bertz CT molecular complexity index is 466. The van der Waals surface area contributed by atoms with Gasteiger partial charge in [-0.15, -0.1) is 5.10 Å². The van der Waals surface area contributed by atoms with E-state index in [-0.39, 0.29) is 5.97 Å². The van der Waals surface area contributed by atoms with E-state index < -0.39 is 5.54 Å². The van der Waals surface area contributed by atoms with Gasteiger partial charge < -0.3 is 4.74 Å². The summed E-state index contributed by atoms with van der Waals surface area (Å²) in [5, 5.41) is 15.1. The molecule has 0 unspecified atom stereocenters. The molecule has 1 saturated carbocycles. The second-order valence-corrected chi connectivity index (χ2v) is 5.93. The first-order chi connectivity index (χ1) is 10.1. The Labute approximate surface area is 125 Å². The largest absolute Gasteiger partial charge is 0.468 e. The van der Waals surface area contributed by atoms with Gasteiger partial charge in [0, 0.05) is 6.54 Å². The van der Waals surface area contributed by atoms with E-state index in [1.807, 2.05) is 0 Å². The zero-order chi connectivity index (χ0) is 15.3. The summed E-state index contributed by atoms with van der Waals surface area (Å²) in [6, 6.07) is 0. The number of aryl methyl sites for hydroxylation is 1. The SMILES string of the molecule is CCCn1nnnc1CNC1(C(=O)OC)CCC(C)CC1. The highest BCUT2D eigenvalue weighted by molar-refractivity contribution is 5.80. The van der Waals surface area contributed by atoms with Gasteiger partial charge in [0.15, 0.2) is 5.82 Å². The number of hydrogen-bond acceptors (Lipinski definition) is 6. The highest BCUT2D eigenvalue weighted by Gasteiger charge is 2.41. The number of nitrogens with one attached hydrogen (secondary N) is 1. The van der Waals surface area contributed by atoms with Gasteiger partial charge in [0.2, 0.25) is 0 Å². The Morgan fingerprint density at radius 3 is 2.81 bits per heavy atom. The molecule has 1 heterocycles. The second kappa shape index (κ2) is 6.98. The van der Waals surface area contributed by atoms with Crippen molar-refractivity contribution in [3.8, 4) is 0 Å². The summed E-state index contributed by atoms with van der Waals surface area (Å²) < 4.78 is 6.80. The molecule has 1 aliphatic carbocycles. The van der Waals surface area contributed by atoms with Gasteiger partial charge in [0.1, 0.15) is 5.54 Å². The van der Waals surface area contributed by atoms with Crippen LogP contribution in [0, 0.1) is 5.92 Å². The van der Waals surface area contributed by atoms with E-state index in [0.29, 0.717) is 12.5 Å². The lowest BCUT2D eigenvalue weighted by molar-refractivity contribution is -0.150. The van der Waals surface area contributed by atoms with Crippen LogP contribution in [-0.2, 0) is 22.6 Å². The smallest absolute Gasteiger partial charge is 0.326 e. The van der Waals surface area contributed by atoms with E-state index in [2.05, 4.69) is 34.7 Å². The van der Waals surface area contributed by atoms with Crippen molar-refractivity contribution in [3.63, 3.8) is 0 Å². The summed E-state index contributed by atoms with van der Waals surface area (Å²) in [6.45, 7) is 5.57. The molecule has 2 rings (SSSR count). The van der Waals surface area contributed by atoms with Crippen molar-refractivity contribution in [1.29, 1.82) is 0 Å². The lowest BCUT2D eigenvalue weighted by Crippen LogP contribution is -2.54. The second-order valence-electron chi connectivity index (χ2n) is 5.93. The molecule has 0 spiro atoms. The summed E-state index contributed by atoms with van der Waals surface area (Å²) in [7, 11) is 1.45. The van der Waals surface area contributed by atoms with Crippen LogP contribution in [-0.4, -0.2) is 38.8 Å². The van der Waals surface area contributed by atoms with Gasteiger partial charge in [-0.3, -0.25) is 10.1 Å². The molecule has 0 radical (unpaired) electrons. The van der Waals surface area contributed by atoms with Crippen LogP contribution < -0.4 is 5.32 Å². The molecule has 1 aliphatic rings. The van der Waals surface area contributed by atoms with Crippen LogP contribution in [0.2, 0.25) is 0 Å². The first-order valence-electron chi connectivity index (χ1n) is 7.70. The van der Waals surface area contributed by atoms with Crippen molar-refractivity contribution in [2.75, 3.05) is 7.11 Å². The minimum absolute atomic E-state index is 0.177. The van der Waals surface area contributed by atoms with Gasteiger partial charge in [-0.2, -0.15) is 0 Å². The number of carbonyl (C=O) groups excluding carboxylic acids is 1. The standard InChI is InChI=1S/C14H25N5O2/c1-4-9-19-12(16-17-18-19)10-15-14(13(20)21-3)7-5-11(2)6-8-14/h11,15H,4-10H2,1-3H3. The molecular formula is C14H25N5O2. The average molecular weight is 295 g/mol. The van der Waals surface area contributed by atoms with E-state index in [0.717, 1.165) is 44.5 Å². The van der Waals surface area contributed by atoms with Crippen LogP contribution in [0.1, 0.15) is 51.8 Å². The Kier molecular flexibility index (Phi) is 5.27. The lowest BCUT2D eigenvalue weighted by Gasteiger charge is -2.37. The van der Waals surface area contributed by atoms with Gasteiger partial charge in [-0.25, -0.2) is 4.68 Å². The Morgan fingerprint density at radius 1 is 1.48 bits per heavy atom. The predicted molar refractivity (Wildman–Crippen MR) is 77.3 cm³/mol. The zero-order valence-electron chi connectivity index (χ0n) is 13.1. The zero-order valence-corrected chi connectivity index (χ0v) is 13.1. The maximum Gasteiger partial charge on any atom is 0.326 e. The number of hydrogen-bond donors (Lipinski definition) is 1. The molecule has 1 N–H and O–H groups in total. The van der Waals surface area contributed by atoms with E-state index in [9.17, 15) is 4.79 Å². The summed E-state index contributed by atoms with van der Waals surface area (Å²) in [5.74, 6) is 1.25. The summed E-state index contributed by atoms with van der Waals surface area (Å²) in [4.78, 5) is 12.2. The van der Waals surface area contributed by atoms with E-state index in [1.165, 1.54) is 7.11 Å². The monoisotopic (exact) mass is 295 g/mol. The molecule has 1 aromatic heterocycles. The van der Waals surface area contributed by atoms with E-state index >= 15 is 0 Å². The molecule has 0 aromatic carbocycles. The third kappa shape index (κ3) is 3.58. The topological polar surface area (TPSA) is 81.9 Å². The molecular weight excluding hydrogens is 270 g/mol. The highest BCUT2D eigenvalue weighted by atomic mass is 16.5. The average Bonchev–Trinajstić information content (AvgIpc) is 2.94. The van der Waals surface area contributed by atoms with Gasteiger partial charge in [0.05, 0.1) is 13.7 Å². The van der Waals surface area contributed by atoms with E-state index in [1.54, 1.807) is 4.68 Å². The van der Waals surface area contributed by atoms with Crippen LogP contribution >= 0.6 is 0 Å². The van der Waals surface area contributed by atoms with Gasteiger partial charge in [0.25, 0.3) is 0 Å². The normalized spacial score (nSPS) is 25.8. The third-order valence-electron chi connectivity index (χ3n) is 4.33. The van der Waals surface area contributed by atoms with Crippen molar-refractivity contribution in [1.82, 2.24) is 25.5 Å². The molecule has 0 amide bonds. The minimum Gasteiger partial charge on any atom is -0.468 e. The Morgan fingerprint density at radius 2 is 2.19 bits per heavy atom. The molecule has 0 atom stereocenters. The highest BCUT2D eigenvalue weighted by Crippen LogP contribution is 2.33. The van der Waals surface area contributed by atoms with Gasteiger partial charge >= 0.3 is 5.97 Å². The van der Waals surface area contributed by atoms with Crippen molar-refractivity contribution in [2.24, 2.45) is 5.92 Å². The number of aromatic nitrogens is 4. The first kappa shape index (κ1) is 15.9. The Balaban J connectivity index is 2.05. The molecule has 21 heavy (non-hydrogen) atoms. The lowest BCUT2D eigenvalue weighted by atomic mass is 9.77. The van der Waals surface area contributed by atoms with Crippen LogP contribution in [0.3, 0.4) is 0 Å². The van der Waals surface area contributed by atoms with Crippen LogP contribution in [0.4, 0.5) is 0 Å².